The molecule has 0 aromatic carbocycles. The summed E-state index contributed by atoms with van der Waals surface area (Å²) in [5.74, 6) is -1.55. The predicted molar refractivity (Wildman–Crippen MR) is 78.5 cm³/mol. The molecule has 3 rings (SSSR count). The number of rotatable bonds is 3. The van der Waals surface area contributed by atoms with Crippen LogP contribution in [0.5, 0.6) is 0 Å². The molecule has 2 aromatic heterocycles. The monoisotopic (exact) mass is 324 g/mol. The van der Waals surface area contributed by atoms with Gasteiger partial charge in [-0.1, -0.05) is 0 Å². The molecule has 2 N–H and O–H groups in total. The maximum atomic E-state index is 12.4. The van der Waals surface area contributed by atoms with E-state index in [0.29, 0.717) is 0 Å². The van der Waals surface area contributed by atoms with Crippen LogP contribution in [0.25, 0.3) is 10.6 Å². The first kappa shape index (κ1) is 14.2. The highest BCUT2D eigenvalue weighted by Crippen LogP contribution is 2.27. The Morgan fingerprint density at radius 3 is 2.86 bits per heavy atom. The summed E-state index contributed by atoms with van der Waals surface area (Å²) in [7, 11) is 0. The zero-order valence-corrected chi connectivity index (χ0v) is 12.4. The van der Waals surface area contributed by atoms with Crippen molar-refractivity contribution in [3.05, 3.63) is 27.9 Å². The van der Waals surface area contributed by atoms with Crippen LogP contribution in [0.3, 0.4) is 0 Å². The number of thiazole rings is 1. The number of likely N-dealkylation sites (tertiary alicyclic amines) is 1. The molecule has 3 heterocycles. The maximum Gasteiger partial charge on any atom is 0.326 e. The average molecular weight is 324 g/mol. The number of nitrogens with zero attached hydrogens (tertiary/aromatic N) is 2. The lowest BCUT2D eigenvalue weighted by Crippen LogP contribution is -2.40. The standard InChI is InChI=1S/C13H12N2O4S2/c16-8-3-10(13(18)19)15(4-8)12(17)9-6-21-11(14-9)7-1-2-20-5-7/h1-2,5-6,8,10,16H,3-4H2,(H,18,19)/t8?,10-/m0/s1. The number of carboxylic acids is 1. The second kappa shape index (κ2) is 5.55. The van der Waals surface area contributed by atoms with Crippen LogP contribution in [0.1, 0.15) is 16.9 Å². The van der Waals surface area contributed by atoms with Crippen molar-refractivity contribution in [1.82, 2.24) is 9.88 Å². The number of aliphatic carboxylic acids is 1. The second-order valence-corrected chi connectivity index (χ2v) is 6.39. The lowest BCUT2D eigenvalue weighted by atomic mass is 10.2. The number of β-amino-alcohol motifs (C(OH)–C–C–N with tert-alkyl or cyclic N) is 1. The minimum absolute atomic E-state index is 0.0289. The van der Waals surface area contributed by atoms with Crippen molar-refractivity contribution in [2.24, 2.45) is 0 Å². The van der Waals surface area contributed by atoms with Gasteiger partial charge in [0.15, 0.2) is 0 Å². The zero-order valence-electron chi connectivity index (χ0n) is 10.8. The van der Waals surface area contributed by atoms with Crippen LogP contribution < -0.4 is 0 Å². The van der Waals surface area contributed by atoms with E-state index < -0.39 is 24.0 Å². The molecule has 0 aliphatic carbocycles. The summed E-state index contributed by atoms with van der Waals surface area (Å²) in [5, 5.41) is 24.9. The number of amides is 1. The number of aromatic nitrogens is 1. The minimum atomic E-state index is -1.10. The van der Waals surface area contributed by atoms with Gasteiger partial charge in [0.2, 0.25) is 0 Å². The van der Waals surface area contributed by atoms with Gasteiger partial charge in [-0.15, -0.1) is 11.3 Å². The van der Waals surface area contributed by atoms with E-state index in [4.69, 9.17) is 5.11 Å². The molecule has 0 saturated carbocycles. The fourth-order valence-corrected chi connectivity index (χ4v) is 3.82. The van der Waals surface area contributed by atoms with Gasteiger partial charge in [0, 0.05) is 29.3 Å². The molecule has 2 aromatic rings. The van der Waals surface area contributed by atoms with Gasteiger partial charge >= 0.3 is 5.97 Å². The number of hydrogen-bond acceptors (Lipinski definition) is 6. The summed E-state index contributed by atoms with van der Waals surface area (Å²) in [4.78, 5) is 29.0. The molecular formula is C13H12N2O4S2. The third kappa shape index (κ3) is 2.69. The number of hydrogen-bond donors (Lipinski definition) is 2. The summed E-state index contributed by atoms with van der Waals surface area (Å²) in [6, 6.07) is 0.927. The molecule has 110 valence electrons. The van der Waals surface area contributed by atoms with E-state index in [-0.39, 0.29) is 18.7 Å². The third-order valence-corrected chi connectivity index (χ3v) is 4.89. The Balaban J connectivity index is 1.83. The van der Waals surface area contributed by atoms with Gasteiger partial charge in [-0.2, -0.15) is 11.3 Å². The Morgan fingerprint density at radius 2 is 2.19 bits per heavy atom. The first-order valence-corrected chi connectivity index (χ1v) is 8.08. The number of carboxylic acid groups (broad SMARTS) is 1. The summed E-state index contributed by atoms with van der Waals surface area (Å²) in [6.45, 7) is 0.0289. The van der Waals surface area contributed by atoms with Crippen molar-refractivity contribution < 1.29 is 19.8 Å². The highest BCUT2D eigenvalue weighted by Gasteiger charge is 2.39. The Kier molecular flexibility index (Phi) is 3.75. The predicted octanol–water partition coefficient (Wildman–Crippen LogP) is 1.53. The number of aliphatic hydroxyl groups is 1. The average Bonchev–Trinajstić information content (AvgIpc) is 3.17. The number of carbonyl (C=O) groups is 2. The molecule has 8 heteroatoms. The van der Waals surface area contributed by atoms with Gasteiger partial charge in [0.05, 0.1) is 6.10 Å². The fourth-order valence-electron chi connectivity index (χ4n) is 2.31. The molecule has 0 bridgehead atoms. The molecule has 1 unspecified atom stereocenters. The van der Waals surface area contributed by atoms with E-state index in [1.165, 1.54) is 16.2 Å². The quantitative estimate of drug-likeness (QED) is 0.893. The van der Waals surface area contributed by atoms with Crippen LogP contribution in [-0.2, 0) is 4.79 Å². The van der Waals surface area contributed by atoms with Crippen LogP contribution in [0.15, 0.2) is 22.2 Å². The largest absolute Gasteiger partial charge is 0.480 e. The molecule has 1 saturated heterocycles. The molecule has 1 aliphatic rings. The molecule has 21 heavy (non-hydrogen) atoms. The molecule has 0 spiro atoms. The molecular weight excluding hydrogens is 312 g/mol. The highest BCUT2D eigenvalue weighted by atomic mass is 32.1. The summed E-state index contributed by atoms with van der Waals surface area (Å²) in [6.07, 6.45) is -0.743. The summed E-state index contributed by atoms with van der Waals surface area (Å²) in [5.41, 5.74) is 1.17. The van der Waals surface area contributed by atoms with Crippen LogP contribution in [0.4, 0.5) is 0 Å². The van der Waals surface area contributed by atoms with Crippen LogP contribution in [0, 0.1) is 0 Å². The normalized spacial score (nSPS) is 21.7. The minimum Gasteiger partial charge on any atom is -0.480 e. The zero-order chi connectivity index (χ0) is 15.0. The smallest absolute Gasteiger partial charge is 0.326 e. The lowest BCUT2D eigenvalue weighted by Gasteiger charge is -2.19. The van der Waals surface area contributed by atoms with Gasteiger partial charge in [0.25, 0.3) is 5.91 Å². The molecule has 0 radical (unpaired) electrons. The van der Waals surface area contributed by atoms with E-state index >= 15 is 0 Å². The van der Waals surface area contributed by atoms with E-state index in [1.54, 1.807) is 16.7 Å². The Hall–Kier alpha value is -1.77. The van der Waals surface area contributed by atoms with Crippen molar-refractivity contribution in [3.63, 3.8) is 0 Å². The number of aliphatic hydroxyl groups excluding tert-OH is 1. The SMILES string of the molecule is O=C(O)[C@@H]1CC(O)CN1C(=O)c1csc(-c2ccsc2)n1. The second-order valence-electron chi connectivity index (χ2n) is 4.75. The summed E-state index contributed by atoms with van der Waals surface area (Å²) < 4.78 is 0. The van der Waals surface area contributed by atoms with Crippen LogP contribution in [-0.4, -0.2) is 50.7 Å². The van der Waals surface area contributed by atoms with Crippen molar-refractivity contribution in [2.45, 2.75) is 18.6 Å². The van der Waals surface area contributed by atoms with E-state index in [0.717, 1.165) is 10.6 Å². The summed E-state index contributed by atoms with van der Waals surface area (Å²) >= 11 is 2.89. The van der Waals surface area contributed by atoms with Gasteiger partial charge in [-0.05, 0) is 11.4 Å². The number of carbonyl (C=O) groups excluding carboxylic acids is 1. The van der Waals surface area contributed by atoms with E-state index in [1.807, 2.05) is 16.8 Å². The van der Waals surface area contributed by atoms with Crippen molar-refractivity contribution in [2.75, 3.05) is 6.54 Å². The topological polar surface area (TPSA) is 90.7 Å². The van der Waals surface area contributed by atoms with Gasteiger partial charge in [0.1, 0.15) is 16.7 Å². The highest BCUT2D eigenvalue weighted by molar-refractivity contribution is 7.14. The first-order valence-electron chi connectivity index (χ1n) is 6.26. The first-order chi connectivity index (χ1) is 10.1. The van der Waals surface area contributed by atoms with E-state index in [2.05, 4.69) is 4.98 Å². The van der Waals surface area contributed by atoms with Gasteiger partial charge in [-0.3, -0.25) is 4.79 Å². The Labute approximate surface area is 128 Å². The van der Waals surface area contributed by atoms with Crippen molar-refractivity contribution in [3.8, 4) is 10.6 Å². The maximum absolute atomic E-state index is 12.4. The molecule has 6 nitrogen and oxygen atoms in total. The van der Waals surface area contributed by atoms with Gasteiger partial charge in [-0.25, -0.2) is 9.78 Å². The molecule has 1 fully saturated rings. The fraction of sp³-hybridized carbons (Fsp3) is 0.308. The van der Waals surface area contributed by atoms with Crippen LogP contribution in [0.2, 0.25) is 0 Å². The lowest BCUT2D eigenvalue weighted by molar-refractivity contribution is -0.141. The molecule has 1 aliphatic heterocycles. The van der Waals surface area contributed by atoms with E-state index in [9.17, 15) is 14.7 Å². The number of thiophene rings is 1. The third-order valence-electron chi connectivity index (χ3n) is 3.32. The Morgan fingerprint density at radius 1 is 1.38 bits per heavy atom. The van der Waals surface area contributed by atoms with Gasteiger partial charge < -0.3 is 15.1 Å². The molecule has 1 amide bonds. The molecule has 2 atom stereocenters. The van der Waals surface area contributed by atoms with Crippen LogP contribution >= 0.6 is 22.7 Å². The Bertz CT molecular complexity index is 668. The van der Waals surface area contributed by atoms with Crippen molar-refractivity contribution >= 4 is 34.6 Å². The van der Waals surface area contributed by atoms with Crippen molar-refractivity contribution in [1.29, 1.82) is 0 Å².